The molecule has 1 saturated heterocycles. The molecule has 210 valence electrons. The number of benzene rings is 2. The summed E-state index contributed by atoms with van der Waals surface area (Å²) in [5.41, 5.74) is 8.88. The second kappa shape index (κ2) is 11.2. The largest absolute Gasteiger partial charge is 0.389 e. The number of H-pyrrole nitrogens is 2. The van der Waals surface area contributed by atoms with E-state index in [0.717, 1.165) is 67.0 Å². The Kier molecular flexibility index (Phi) is 7.51. The van der Waals surface area contributed by atoms with Crippen molar-refractivity contribution in [2.75, 3.05) is 13.1 Å². The van der Waals surface area contributed by atoms with E-state index in [9.17, 15) is 13.2 Å². The van der Waals surface area contributed by atoms with Gasteiger partial charge in [-0.25, -0.2) is 9.97 Å². The third-order valence-corrected chi connectivity index (χ3v) is 7.89. The summed E-state index contributed by atoms with van der Waals surface area (Å²) in [6, 6.07) is 14.8. The van der Waals surface area contributed by atoms with E-state index >= 15 is 0 Å². The molecule has 9 heteroatoms. The average molecular weight is 549 g/mol. The van der Waals surface area contributed by atoms with Crippen molar-refractivity contribution in [3.63, 3.8) is 0 Å². The van der Waals surface area contributed by atoms with Gasteiger partial charge in [0, 0.05) is 28.9 Å². The highest BCUT2D eigenvalue weighted by molar-refractivity contribution is 5.76. The topological polar surface area (TPSA) is 81.4 Å². The molecule has 1 atom stereocenters. The number of hydrogen-bond acceptors (Lipinski definition) is 4. The van der Waals surface area contributed by atoms with E-state index in [1.54, 1.807) is 0 Å². The first-order chi connectivity index (χ1) is 19.4. The minimum absolute atomic E-state index is 0.125. The van der Waals surface area contributed by atoms with Gasteiger partial charge in [0.2, 0.25) is 0 Å². The van der Waals surface area contributed by atoms with Gasteiger partial charge >= 0.3 is 6.18 Å². The summed E-state index contributed by atoms with van der Waals surface area (Å²) in [5, 5.41) is 6.80. The standard InChI is InChI=1S/C31H35F3N6/c1-2-15-35-18-27-37-25(13-14-31(32,33)34)28(39-27)20-7-5-19(6-8-20)21-9-11-23-22(17-21)10-12-24-29(23)40-30(38-24)26-4-3-16-36-26/h5-9,11,17,26,35-36H,2-4,10,12-16,18H2,1H3,(H,37,39)(H,38,40)/t26-/m0/s1. The van der Waals surface area contributed by atoms with Gasteiger partial charge in [0.15, 0.2) is 0 Å². The summed E-state index contributed by atoms with van der Waals surface area (Å²) in [4.78, 5) is 16.4. The fourth-order valence-corrected chi connectivity index (χ4v) is 5.83. The first-order valence-corrected chi connectivity index (χ1v) is 14.3. The van der Waals surface area contributed by atoms with E-state index in [-0.39, 0.29) is 6.42 Å². The maximum absolute atomic E-state index is 13.0. The van der Waals surface area contributed by atoms with Crippen LogP contribution in [0, 0.1) is 0 Å². The van der Waals surface area contributed by atoms with Crippen LogP contribution in [0.2, 0.25) is 0 Å². The minimum Gasteiger partial charge on any atom is -0.344 e. The highest BCUT2D eigenvalue weighted by atomic mass is 19.4. The number of rotatable bonds is 9. The molecule has 2 aromatic heterocycles. The van der Waals surface area contributed by atoms with Crippen LogP contribution < -0.4 is 10.6 Å². The molecule has 4 aromatic rings. The zero-order valence-corrected chi connectivity index (χ0v) is 22.7. The van der Waals surface area contributed by atoms with Crippen LogP contribution in [-0.4, -0.2) is 39.2 Å². The van der Waals surface area contributed by atoms with E-state index in [4.69, 9.17) is 4.98 Å². The Morgan fingerprint density at radius 1 is 0.950 bits per heavy atom. The van der Waals surface area contributed by atoms with Crippen molar-refractivity contribution in [2.24, 2.45) is 0 Å². The van der Waals surface area contributed by atoms with Gasteiger partial charge < -0.3 is 20.6 Å². The van der Waals surface area contributed by atoms with Crippen LogP contribution in [0.3, 0.4) is 0 Å². The number of aryl methyl sites for hydroxylation is 3. The van der Waals surface area contributed by atoms with Crippen LogP contribution in [0.25, 0.3) is 33.6 Å². The molecule has 2 aromatic carbocycles. The molecule has 0 radical (unpaired) electrons. The van der Waals surface area contributed by atoms with Crippen molar-refractivity contribution in [1.82, 2.24) is 30.6 Å². The van der Waals surface area contributed by atoms with Crippen LogP contribution in [0.5, 0.6) is 0 Å². The number of halogens is 3. The van der Waals surface area contributed by atoms with Crippen LogP contribution in [0.15, 0.2) is 42.5 Å². The number of hydrogen-bond donors (Lipinski definition) is 4. The van der Waals surface area contributed by atoms with Crippen LogP contribution in [-0.2, 0) is 25.8 Å². The Labute approximate surface area is 232 Å². The zero-order valence-electron chi connectivity index (χ0n) is 22.7. The first kappa shape index (κ1) is 26.8. The first-order valence-electron chi connectivity index (χ1n) is 14.3. The van der Waals surface area contributed by atoms with E-state index in [2.05, 4.69) is 50.7 Å². The molecule has 0 unspecified atom stereocenters. The molecular weight excluding hydrogens is 513 g/mol. The maximum Gasteiger partial charge on any atom is 0.389 e. The summed E-state index contributed by atoms with van der Waals surface area (Å²) >= 11 is 0. The molecule has 6 rings (SSSR count). The lowest BCUT2D eigenvalue weighted by Gasteiger charge is -2.16. The fourth-order valence-electron chi connectivity index (χ4n) is 5.83. The molecule has 6 nitrogen and oxygen atoms in total. The number of nitrogens with zero attached hydrogens (tertiary/aromatic N) is 2. The molecule has 1 fully saturated rings. The molecular formula is C31H35F3N6. The van der Waals surface area contributed by atoms with Gasteiger partial charge in [-0.2, -0.15) is 13.2 Å². The summed E-state index contributed by atoms with van der Waals surface area (Å²) in [5.74, 6) is 1.70. The Bertz CT molecular complexity index is 1460. The number of aromatic nitrogens is 4. The molecule has 1 aliphatic carbocycles. The molecule has 4 N–H and O–H groups in total. The normalized spacial score (nSPS) is 16.8. The predicted molar refractivity (Wildman–Crippen MR) is 151 cm³/mol. The third-order valence-electron chi connectivity index (χ3n) is 7.89. The summed E-state index contributed by atoms with van der Waals surface area (Å²) in [6.07, 6.45) is -0.0498. The van der Waals surface area contributed by atoms with Crippen molar-refractivity contribution in [2.45, 2.75) is 70.6 Å². The smallest absolute Gasteiger partial charge is 0.344 e. The van der Waals surface area contributed by atoms with Gasteiger partial charge in [-0.05, 0) is 68.3 Å². The van der Waals surface area contributed by atoms with Crippen molar-refractivity contribution in [3.8, 4) is 33.6 Å². The second-order valence-electron chi connectivity index (χ2n) is 10.9. The van der Waals surface area contributed by atoms with Crippen LogP contribution in [0.4, 0.5) is 13.2 Å². The summed E-state index contributed by atoms with van der Waals surface area (Å²) in [7, 11) is 0. The number of aromatic amines is 2. The molecule has 0 spiro atoms. The monoisotopic (exact) mass is 548 g/mol. The fraction of sp³-hybridized carbons (Fsp3) is 0.419. The van der Waals surface area contributed by atoms with E-state index in [1.165, 1.54) is 23.2 Å². The van der Waals surface area contributed by atoms with Crippen LogP contribution >= 0.6 is 0 Å². The van der Waals surface area contributed by atoms with E-state index in [0.29, 0.717) is 29.8 Å². The highest BCUT2D eigenvalue weighted by Gasteiger charge is 2.28. The molecule has 2 aliphatic rings. The van der Waals surface area contributed by atoms with Gasteiger partial charge in [0.25, 0.3) is 0 Å². The van der Waals surface area contributed by atoms with Crippen molar-refractivity contribution >= 4 is 0 Å². The Balaban J connectivity index is 1.23. The number of fused-ring (bicyclic) bond motifs is 3. The van der Waals surface area contributed by atoms with Crippen molar-refractivity contribution in [3.05, 3.63) is 71.1 Å². The third kappa shape index (κ3) is 5.71. The lowest BCUT2D eigenvalue weighted by atomic mass is 9.89. The summed E-state index contributed by atoms with van der Waals surface area (Å²) < 4.78 is 39.0. The zero-order chi connectivity index (χ0) is 27.7. The second-order valence-corrected chi connectivity index (χ2v) is 10.9. The number of alkyl halides is 3. The molecule has 40 heavy (non-hydrogen) atoms. The van der Waals surface area contributed by atoms with Crippen LogP contribution in [0.1, 0.15) is 67.2 Å². The predicted octanol–water partition coefficient (Wildman–Crippen LogP) is 6.65. The lowest BCUT2D eigenvalue weighted by Crippen LogP contribution is -2.14. The van der Waals surface area contributed by atoms with Gasteiger partial charge in [0.1, 0.15) is 11.6 Å². The molecule has 0 saturated carbocycles. The number of nitrogens with one attached hydrogen (secondary N) is 4. The SMILES string of the molecule is CCCNCc1nc(-c2ccc(-c3ccc4c(c3)CCc3[nH]c([C@@H]5CCCN5)nc3-4)cc2)c(CCC(F)(F)F)[nH]1. The highest BCUT2D eigenvalue weighted by Crippen LogP contribution is 2.37. The van der Waals surface area contributed by atoms with E-state index < -0.39 is 12.6 Å². The molecule has 0 bridgehead atoms. The number of imidazole rings is 2. The van der Waals surface area contributed by atoms with Gasteiger partial charge in [0.05, 0.1) is 24.0 Å². The molecule has 0 amide bonds. The Morgan fingerprint density at radius 2 is 1.75 bits per heavy atom. The molecule has 3 heterocycles. The maximum atomic E-state index is 13.0. The van der Waals surface area contributed by atoms with Crippen molar-refractivity contribution < 1.29 is 13.2 Å². The van der Waals surface area contributed by atoms with E-state index in [1.807, 2.05) is 24.3 Å². The minimum atomic E-state index is -4.22. The quantitative estimate of drug-likeness (QED) is 0.177. The lowest BCUT2D eigenvalue weighted by molar-refractivity contribution is -0.134. The van der Waals surface area contributed by atoms with Crippen molar-refractivity contribution in [1.29, 1.82) is 0 Å². The molecule has 1 aliphatic heterocycles. The van der Waals surface area contributed by atoms with Gasteiger partial charge in [-0.3, -0.25) is 0 Å². The Morgan fingerprint density at radius 3 is 2.50 bits per heavy atom. The average Bonchev–Trinajstić information content (AvgIpc) is 3.71. The van der Waals surface area contributed by atoms with Gasteiger partial charge in [-0.1, -0.05) is 49.4 Å². The van der Waals surface area contributed by atoms with Gasteiger partial charge in [-0.15, -0.1) is 0 Å². The Hall–Kier alpha value is -3.43. The summed E-state index contributed by atoms with van der Waals surface area (Å²) in [6.45, 7) is 4.43.